The van der Waals surface area contributed by atoms with Crippen LogP contribution in [0.1, 0.15) is 49.7 Å². The van der Waals surface area contributed by atoms with Crippen LogP contribution in [0.5, 0.6) is 5.75 Å². The summed E-state index contributed by atoms with van der Waals surface area (Å²) in [7, 11) is 0. The van der Waals surface area contributed by atoms with Gasteiger partial charge in [0.15, 0.2) is 0 Å². The molecule has 3 heteroatoms. The van der Waals surface area contributed by atoms with Crippen molar-refractivity contribution in [3.05, 3.63) is 29.3 Å². The molecule has 3 fully saturated rings. The van der Waals surface area contributed by atoms with Gasteiger partial charge in [0.1, 0.15) is 17.1 Å². The van der Waals surface area contributed by atoms with Crippen LogP contribution in [0.4, 0.5) is 0 Å². The number of carbonyl (C=O) groups is 1. The van der Waals surface area contributed by atoms with E-state index in [0.717, 1.165) is 32.1 Å². The first-order valence-electron chi connectivity index (χ1n) is 8.08. The summed E-state index contributed by atoms with van der Waals surface area (Å²) < 4.78 is 6.29. The summed E-state index contributed by atoms with van der Waals surface area (Å²) in [6, 6.07) is 5.77. The fourth-order valence-corrected chi connectivity index (χ4v) is 5.76. The highest BCUT2D eigenvalue weighted by atomic mass is 16.6. The second-order valence-electron chi connectivity index (χ2n) is 7.57. The molecule has 1 aromatic carbocycles. The zero-order valence-electron chi connectivity index (χ0n) is 12.3. The largest absolute Gasteiger partial charge is 0.508 e. The summed E-state index contributed by atoms with van der Waals surface area (Å²) in [5, 5.41) is 9.72. The van der Waals surface area contributed by atoms with Crippen molar-refractivity contribution in [1.82, 2.24) is 0 Å². The van der Waals surface area contributed by atoms with Gasteiger partial charge in [0.05, 0.1) is 6.10 Å². The number of phenolic OH excluding ortho intramolecular Hbond substituents is 1. The molecule has 1 N–H and O–H groups in total. The van der Waals surface area contributed by atoms with Crippen molar-refractivity contribution in [2.24, 2.45) is 11.3 Å². The average molecular weight is 284 g/mol. The molecule has 21 heavy (non-hydrogen) atoms. The normalized spacial score (nSPS) is 46.3. The quantitative estimate of drug-likeness (QED) is 0.745. The minimum Gasteiger partial charge on any atom is -0.508 e. The van der Waals surface area contributed by atoms with E-state index in [1.807, 2.05) is 6.07 Å². The fraction of sp³-hybridized carbons (Fsp3) is 0.611. The number of benzene rings is 1. The van der Waals surface area contributed by atoms with Crippen molar-refractivity contribution >= 4 is 5.78 Å². The van der Waals surface area contributed by atoms with E-state index in [1.54, 1.807) is 6.07 Å². The number of hydrogen-bond donors (Lipinski definition) is 1. The van der Waals surface area contributed by atoms with Crippen LogP contribution < -0.4 is 0 Å². The molecule has 1 saturated heterocycles. The van der Waals surface area contributed by atoms with Crippen molar-refractivity contribution in [2.75, 3.05) is 0 Å². The van der Waals surface area contributed by atoms with E-state index in [1.165, 1.54) is 11.1 Å². The van der Waals surface area contributed by atoms with Gasteiger partial charge in [-0.15, -0.1) is 0 Å². The summed E-state index contributed by atoms with van der Waals surface area (Å²) in [5.41, 5.74) is 2.36. The first-order valence-corrected chi connectivity index (χ1v) is 8.08. The van der Waals surface area contributed by atoms with E-state index >= 15 is 0 Å². The summed E-state index contributed by atoms with van der Waals surface area (Å²) >= 11 is 0. The van der Waals surface area contributed by atoms with Gasteiger partial charge in [0.25, 0.3) is 0 Å². The van der Waals surface area contributed by atoms with Crippen molar-refractivity contribution in [2.45, 2.75) is 56.7 Å². The Morgan fingerprint density at radius 2 is 2.19 bits per heavy atom. The predicted octanol–water partition coefficient (Wildman–Crippen LogP) is 2.95. The van der Waals surface area contributed by atoms with Gasteiger partial charge in [0.2, 0.25) is 0 Å². The topological polar surface area (TPSA) is 49.8 Å². The van der Waals surface area contributed by atoms with Gasteiger partial charge in [-0.05, 0) is 42.5 Å². The Morgan fingerprint density at radius 3 is 3.05 bits per heavy atom. The number of carbonyl (C=O) groups excluding carboxylic acids is 1. The van der Waals surface area contributed by atoms with Crippen LogP contribution in [0.2, 0.25) is 0 Å². The zero-order chi connectivity index (χ0) is 14.4. The highest BCUT2D eigenvalue weighted by Gasteiger charge is 2.74. The van der Waals surface area contributed by atoms with E-state index in [-0.39, 0.29) is 17.1 Å². The van der Waals surface area contributed by atoms with Crippen molar-refractivity contribution in [1.29, 1.82) is 0 Å². The molecule has 1 spiro atoms. The molecule has 4 aliphatic rings. The molecule has 0 radical (unpaired) electrons. The van der Waals surface area contributed by atoms with Gasteiger partial charge in [-0.1, -0.05) is 13.0 Å². The van der Waals surface area contributed by atoms with Gasteiger partial charge in [-0.2, -0.15) is 0 Å². The molecular formula is C18H20O3. The second kappa shape index (κ2) is 3.52. The minimum atomic E-state index is -0.153. The van der Waals surface area contributed by atoms with Crippen LogP contribution in [0, 0.1) is 11.3 Å². The lowest BCUT2D eigenvalue weighted by Crippen LogP contribution is -2.49. The third-order valence-corrected chi connectivity index (χ3v) is 6.81. The molecule has 0 bridgehead atoms. The summed E-state index contributed by atoms with van der Waals surface area (Å²) in [4.78, 5) is 12.4. The fourth-order valence-electron chi connectivity index (χ4n) is 5.76. The van der Waals surface area contributed by atoms with E-state index in [0.29, 0.717) is 23.4 Å². The van der Waals surface area contributed by atoms with E-state index < -0.39 is 0 Å². The van der Waals surface area contributed by atoms with Gasteiger partial charge in [-0.3, -0.25) is 4.79 Å². The number of phenols is 1. The first kappa shape index (κ1) is 12.2. The molecule has 1 aliphatic heterocycles. The van der Waals surface area contributed by atoms with E-state index in [4.69, 9.17) is 4.74 Å². The number of hydrogen-bond acceptors (Lipinski definition) is 3. The summed E-state index contributed by atoms with van der Waals surface area (Å²) in [6.45, 7) is 2.17. The molecule has 110 valence electrons. The van der Waals surface area contributed by atoms with Gasteiger partial charge < -0.3 is 9.84 Å². The average Bonchev–Trinajstić information content (AvgIpc) is 3.07. The molecule has 0 amide bonds. The van der Waals surface area contributed by atoms with Crippen LogP contribution in [0.3, 0.4) is 0 Å². The Labute approximate surface area is 124 Å². The van der Waals surface area contributed by atoms with Crippen LogP contribution in [-0.4, -0.2) is 22.6 Å². The predicted molar refractivity (Wildman–Crippen MR) is 77.2 cm³/mol. The molecule has 3 nitrogen and oxygen atoms in total. The maximum atomic E-state index is 12.4. The molecule has 5 rings (SSSR count). The number of Topliss-reactive ketones (excluding diaryl/α,β-unsaturated/α-hetero) is 1. The lowest BCUT2D eigenvalue weighted by atomic mass is 9.55. The van der Waals surface area contributed by atoms with Gasteiger partial charge in [-0.25, -0.2) is 0 Å². The third-order valence-electron chi connectivity index (χ3n) is 6.81. The van der Waals surface area contributed by atoms with Gasteiger partial charge >= 0.3 is 0 Å². The molecule has 1 aromatic rings. The SMILES string of the molecule is C[C@]12CC[C@@H]3c4ccc(O)cc4C[C@H]4O[C@@]34[C@@H]1CCC2=O. The Kier molecular flexibility index (Phi) is 2.05. The van der Waals surface area contributed by atoms with Crippen LogP contribution in [0.15, 0.2) is 18.2 Å². The van der Waals surface area contributed by atoms with Crippen LogP contribution >= 0.6 is 0 Å². The van der Waals surface area contributed by atoms with Crippen molar-refractivity contribution < 1.29 is 14.6 Å². The smallest absolute Gasteiger partial charge is 0.139 e. The maximum absolute atomic E-state index is 12.4. The highest BCUT2D eigenvalue weighted by Crippen LogP contribution is 2.69. The molecule has 0 unspecified atom stereocenters. The maximum Gasteiger partial charge on any atom is 0.139 e. The van der Waals surface area contributed by atoms with E-state index in [2.05, 4.69) is 13.0 Å². The number of rotatable bonds is 0. The lowest BCUT2D eigenvalue weighted by Gasteiger charge is -2.46. The Balaban J connectivity index is 1.64. The summed E-state index contributed by atoms with van der Waals surface area (Å²) in [6.07, 6.45) is 4.89. The molecule has 3 aliphatic carbocycles. The number of fused-ring (bicyclic) bond motifs is 3. The van der Waals surface area contributed by atoms with Crippen LogP contribution in [0.25, 0.3) is 0 Å². The Hall–Kier alpha value is -1.35. The minimum absolute atomic E-state index is 0.0802. The van der Waals surface area contributed by atoms with Crippen molar-refractivity contribution in [3.63, 3.8) is 0 Å². The number of ether oxygens (including phenoxy) is 1. The Bertz CT molecular complexity index is 666. The zero-order valence-corrected chi connectivity index (χ0v) is 12.3. The van der Waals surface area contributed by atoms with Crippen molar-refractivity contribution in [3.8, 4) is 5.75 Å². The third kappa shape index (κ3) is 1.28. The first-order chi connectivity index (χ1) is 10.1. The summed E-state index contributed by atoms with van der Waals surface area (Å²) in [5.74, 6) is 1.60. The molecule has 1 heterocycles. The van der Waals surface area contributed by atoms with Crippen LogP contribution in [-0.2, 0) is 16.0 Å². The molecule has 2 saturated carbocycles. The number of aromatic hydroxyl groups is 1. The monoisotopic (exact) mass is 284 g/mol. The molecular weight excluding hydrogens is 264 g/mol. The van der Waals surface area contributed by atoms with E-state index in [9.17, 15) is 9.90 Å². The van der Waals surface area contributed by atoms with Gasteiger partial charge in [0, 0.05) is 30.1 Å². The molecule has 0 aromatic heterocycles. The Morgan fingerprint density at radius 1 is 1.33 bits per heavy atom. The standard InChI is InChI=1S/C18H20O3/c1-17-7-6-13-12-3-2-11(19)8-10(12)9-16-18(13,21-16)14(17)4-5-15(17)20/h2-3,8,13-14,16,19H,4-7,9H2,1H3/t13-,14-,16-,17+,18-/m1/s1. The highest BCUT2D eigenvalue weighted by molar-refractivity contribution is 5.87. The number of epoxide rings is 1. The number of ketones is 1. The lowest BCUT2D eigenvalue weighted by molar-refractivity contribution is -0.129. The molecule has 5 atom stereocenters. The second-order valence-corrected chi connectivity index (χ2v) is 7.57.